The zero-order valence-corrected chi connectivity index (χ0v) is 16.0. The van der Waals surface area contributed by atoms with E-state index in [9.17, 15) is 5.11 Å². The van der Waals surface area contributed by atoms with Crippen molar-refractivity contribution in [2.45, 2.75) is 38.6 Å². The van der Waals surface area contributed by atoms with Gasteiger partial charge in [0.15, 0.2) is 0 Å². The molecule has 0 amide bonds. The van der Waals surface area contributed by atoms with Crippen LogP contribution in [0.2, 0.25) is 0 Å². The minimum atomic E-state index is 0.199. The fourth-order valence-corrected chi connectivity index (χ4v) is 3.54. The second-order valence-corrected chi connectivity index (χ2v) is 7.78. The number of likely N-dealkylation sites (N-methyl/N-ethyl adjacent to an activating group) is 1. The van der Waals surface area contributed by atoms with Gasteiger partial charge in [-0.25, -0.2) is 0 Å². The molecule has 1 unspecified atom stereocenters. The van der Waals surface area contributed by atoms with Gasteiger partial charge >= 0.3 is 0 Å². The predicted molar refractivity (Wildman–Crippen MR) is 108 cm³/mol. The summed E-state index contributed by atoms with van der Waals surface area (Å²) in [6.07, 6.45) is 4.74. The van der Waals surface area contributed by atoms with Gasteiger partial charge in [0.1, 0.15) is 11.6 Å². The van der Waals surface area contributed by atoms with Crippen LogP contribution < -0.4 is 5.32 Å². The van der Waals surface area contributed by atoms with Crippen LogP contribution >= 0.6 is 0 Å². The third kappa shape index (κ3) is 4.40. The third-order valence-electron chi connectivity index (χ3n) is 5.21. The molecule has 5 nitrogen and oxygen atoms in total. The van der Waals surface area contributed by atoms with Gasteiger partial charge in [0.05, 0.1) is 5.69 Å². The number of phenolic OH excluding ortho intramolecular Hbond substituents is 1. The van der Waals surface area contributed by atoms with E-state index in [1.807, 2.05) is 25.1 Å². The number of piperidine rings is 1. The summed E-state index contributed by atoms with van der Waals surface area (Å²) in [5.74, 6) is 7.90. The number of phenols is 1. The molecule has 2 fully saturated rings. The topological polar surface area (TPSA) is 61.3 Å². The van der Waals surface area contributed by atoms with Crippen LogP contribution in [0.4, 0.5) is 5.82 Å². The molecular formula is C22H26N4O. The Morgan fingerprint density at radius 2 is 2.04 bits per heavy atom. The number of likely N-dealkylation sites (tertiary alicyclic amines) is 1. The number of nitrogens with one attached hydrogen (secondary N) is 1. The van der Waals surface area contributed by atoms with Gasteiger partial charge in [-0.1, -0.05) is 11.8 Å². The van der Waals surface area contributed by atoms with E-state index in [0.29, 0.717) is 23.2 Å². The van der Waals surface area contributed by atoms with Gasteiger partial charge in [-0.3, -0.25) is 0 Å². The lowest BCUT2D eigenvalue weighted by molar-refractivity contribution is 0.260. The zero-order chi connectivity index (χ0) is 18.8. The van der Waals surface area contributed by atoms with Crippen molar-refractivity contribution < 1.29 is 5.11 Å². The Kier molecular flexibility index (Phi) is 5.00. The van der Waals surface area contributed by atoms with Crippen LogP contribution in [0.15, 0.2) is 24.3 Å². The highest BCUT2D eigenvalue weighted by Crippen LogP contribution is 2.32. The number of benzene rings is 1. The normalized spacial score (nSPS) is 20.0. The molecule has 1 saturated carbocycles. The maximum Gasteiger partial charge on any atom is 0.149 e. The lowest BCUT2D eigenvalue weighted by Crippen LogP contribution is -2.39. The van der Waals surface area contributed by atoms with Crippen LogP contribution in [0.3, 0.4) is 0 Å². The smallest absolute Gasteiger partial charge is 0.149 e. The molecule has 1 aromatic heterocycles. The molecule has 0 bridgehead atoms. The molecule has 2 aromatic rings. The van der Waals surface area contributed by atoms with E-state index < -0.39 is 0 Å². The maximum atomic E-state index is 10.5. The van der Waals surface area contributed by atoms with Crippen LogP contribution in [0, 0.1) is 24.7 Å². The summed E-state index contributed by atoms with van der Waals surface area (Å²) in [7, 11) is 2.15. The van der Waals surface area contributed by atoms with Crippen molar-refractivity contribution >= 4 is 5.82 Å². The van der Waals surface area contributed by atoms with Crippen molar-refractivity contribution in [2.75, 3.05) is 25.5 Å². The number of aromatic hydroxyl groups is 1. The first kappa shape index (κ1) is 17.8. The minimum absolute atomic E-state index is 0.199. The average molecular weight is 362 g/mol. The Morgan fingerprint density at radius 1 is 1.19 bits per heavy atom. The SMILES string of the molecule is Cc1cc(NC2CCCN(C)C2)nnc1-c1ccc(C#CC2CC2)cc1O. The maximum absolute atomic E-state index is 10.5. The van der Waals surface area contributed by atoms with Crippen molar-refractivity contribution in [3.63, 3.8) is 0 Å². The lowest BCUT2D eigenvalue weighted by Gasteiger charge is -2.30. The van der Waals surface area contributed by atoms with Crippen LogP contribution in [-0.4, -0.2) is 46.4 Å². The van der Waals surface area contributed by atoms with Gasteiger partial charge in [-0.05, 0) is 76.0 Å². The fourth-order valence-electron chi connectivity index (χ4n) is 3.54. The van der Waals surface area contributed by atoms with E-state index in [0.717, 1.165) is 36.5 Å². The van der Waals surface area contributed by atoms with E-state index in [2.05, 4.69) is 39.3 Å². The van der Waals surface area contributed by atoms with Gasteiger partial charge in [-0.2, -0.15) is 0 Å². The van der Waals surface area contributed by atoms with Crippen molar-refractivity contribution in [1.29, 1.82) is 0 Å². The standard InChI is InChI=1S/C22H26N4O/c1-15-12-21(23-18-4-3-11-26(2)14-18)24-25-22(15)19-10-9-17(13-20(19)27)8-7-16-5-6-16/h9-10,12-13,16,18,27H,3-6,11,14H2,1-2H3,(H,23,24). The van der Waals surface area contributed by atoms with Crippen molar-refractivity contribution in [2.24, 2.45) is 5.92 Å². The summed E-state index contributed by atoms with van der Waals surface area (Å²) in [6.45, 7) is 4.18. The van der Waals surface area contributed by atoms with Gasteiger partial charge < -0.3 is 15.3 Å². The Hall–Kier alpha value is -2.58. The van der Waals surface area contributed by atoms with Crippen molar-refractivity contribution in [3.05, 3.63) is 35.4 Å². The largest absolute Gasteiger partial charge is 0.507 e. The monoisotopic (exact) mass is 362 g/mol. The molecule has 2 heterocycles. The van der Waals surface area contributed by atoms with Crippen LogP contribution in [-0.2, 0) is 0 Å². The predicted octanol–water partition coefficient (Wildman–Crippen LogP) is 3.43. The molecule has 1 aliphatic heterocycles. The molecule has 2 N–H and O–H groups in total. The van der Waals surface area contributed by atoms with Gasteiger partial charge in [-0.15, -0.1) is 10.2 Å². The highest BCUT2D eigenvalue weighted by molar-refractivity contribution is 5.71. The first-order valence-corrected chi connectivity index (χ1v) is 9.73. The number of rotatable bonds is 3. The fraction of sp³-hybridized carbons (Fsp3) is 0.455. The number of hydrogen-bond donors (Lipinski definition) is 2. The summed E-state index contributed by atoms with van der Waals surface area (Å²) in [6, 6.07) is 7.95. The molecule has 2 aliphatic rings. The van der Waals surface area contributed by atoms with Gasteiger partial charge in [0.25, 0.3) is 0 Å². The first-order valence-electron chi connectivity index (χ1n) is 9.73. The summed E-state index contributed by atoms with van der Waals surface area (Å²) in [4.78, 5) is 2.33. The molecule has 0 spiro atoms. The number of nitrogens with zero attached hydrogens (tertiary/aromatic N) is 3. The average Bonchev–Trinajstić information content (AvgIpc) is 3.45. The highest BCUT2D eigenvalue weighted by atomic mass is 16.3. The van der Waals surface area contributed by atoms with Crippen molar-refractivity contribution in [3.8, 4) is 28.8 Å². The minimum Gasteiger partial charge on any atom is -0.507 e. The second kappa shape index (κ2) is 7.58. The summed E-state index contributed by atoms with van der Waals surface area (Å²) < 4.78 is 0. The molecule has 5 heteroatoms. The number of hydrogen-bond acceptors (Lipinski definition) is 5. The second-order valence-electron chi connectivity index (χ2n) is 7.78. The Labute approximate surface area is 160 Å². The molecule has 0 radical (unpaired) electrons. The van der Waals surface area contributed by atoms with E-state index in [1.54, 1.807) is 6.07 Å². The highest BCUT2D eigenvalue weighted by Gasteiger charge is 2.19. The first-order chi connectivity index (χ1) is 13.1. The molecule has 4 rings (SSSR count). The molecule has 27 heavy (non-hydrogen) atoms. The van der Waals surface area contributed by atoms with E-state index >= 15 is 0 Å². The number of aromatic nitrogens is 2. The van der Waals surface area contributed by atoms with E-state index in [4.69, 9.17) is 0 Å². The molecule has 140 valence electrons. The van der Waals surface area contributed by atoms with E-state index in [1.165, 1.54) is 19.3 Å². The summed E-state index contributed by atoms with van der Waals surface area (Å²) >= 11 is 0. The molecule has 1 atom stereocenters. The number of aryl methyl sites for hydroxylation is 1. The van der Waals surface area contributed by atoms with Crippen molar-refractivity contribution in [1.82, 2.24) is 15.1 Å². The zero-order valence-electron chi connectivity index (χ0n) is 16.0. The third-order valence-corrected chi connectivity index (χ3v) is 5.21. The van der Waals surface area contributed by atoms with Crippen LogP contribution in [0.1, 0.15) is 36.8 Å². The molecular weight excluding hydrogens is 336 g/mol. The molecule has 1 aliphatic carbocycles. The van der Waals surface area contributed by atoms with Crippen LogP contribution in [0.5, 0.6) is 5.75 Å². The van der Waals surface area contributed by atoms with Crippen LogP contribution in [0.25, 0.3) is 11.3 Å². The Bertz CT molecular complexity index is 895. The summed E-state index contributed by atoms with van der Waals surface area (Å²) in [5.41, 5.74) is 3.23. The van der Waals surface area contributed by atoms with Gasteiger partial charge in [0.2, 0.25) is 0 Å². The molecule has 1 aromatic carbocycles. The van der Waals surface area contributed by atoms with Gasteiger partial charge in [0, 0.05) is 29.6 Å². The Morgan fingerprint density at radius 3 is 2.74 bits per heavy atom. The quantitative estimate of drug-likeness (QED) is 0.819. The Balaban J connectivity index is 1.51. The molecule has 1 saturated heterocycles. The number of anilines is 1. The van der Waals surface area contributed by atoms with E-state index in [-0.39, 0.29) is 5.75 Å². The summed E-state index contributed by atoms with van der Waals surface area (Å²) in [5, 5.41) is 22.7. The lowest BCUT2D eigenvalue weighted by atomic mass is 10.0.